The van der Waals surface area contributed by atoms with Crippen molar-refractivity contribution in [2.45, 2.75) is 26.3 Å². The van der Waals surface area contributed by atoms with Gasteiger partial charge in [-0.25, -0.2) is 0 Å². The molecule has 0 saturated carbocycles. The summed E-state index contributed by atoms with van der Waals surface area (Å²) in [6.07, 6.45) is 0.838. The lowest BCUT2D eigenvalue weighted by Crippen LogP contribution is -2.29. The van der Waals surface area contributed by atoms with Gasteiger partial charge in [-0.3, -0.25) is 14.5 Å². The van der Waals surface area contributed by atoms with Crippen LogP contribution in [0.25, 0.3) is 5.76 Å². The molecule has 1 fully saturated rings. The molecule has 1 aromatic heterocycles. The topological polar surface area (TPSA) is 102 Å². The van der Waals surface area contributed by atoms with E-state index in [4.69, 9.17) is 9.47 Å². The molecule has 1 unspecified atom stereocenters. The highest BCUT2D eigenvalue weighted by Crippen LogP contribution is 2.43. The van der Waals surface area contributed by atoms with Crippen molar-refractivity contribution in [1.82, 2.24) is 10.2 Å². The van der Waals surface area contributed by atoms with Crippen molar-refractivity contribution in [1.29, 1.82) is 0 Å². The van der Waals surface area contributed by atoms with Crippen LogP contribution in [-0.2, 0) is 9.59 Å². The number of ketones is 1. The molecular formula is C24H23N3O5S. The number of anilines is 1. The summed E-state index contributed by atoms with van der Waals surface area (Å²) in [4.78, 5) is 27.6. The van der Waals surface area contributed by atoms with Gasteiger partial charge in [0.2, 0.25) is 5.13 Å². The number of carbonyl (C=O) groups is 2. The quantitative estimate of drug-likeness (QED) is 0.316. The van der Waals surface area contributed by atoms with E-state index in [9.17, 15) is 14.7 Å². The number of hydrogen-bond donors (Lipinski definition) is 1. The predicted octanol–water partition coefficient (Wildman–Crippen LogP) is 4.27. The van der Waals surface area contributed by atoms with E-state index >= 15 is 0 Å². The molecular weight excluding hydrogens is 442 g/mol. The van der Waals surface area contributed by atoms with Gasteiger partial charge in [0.05, 0.1) is 25.3 Å². The SMILES string of the molecule is CCCOc1cccc(C2C(=C(O)c3ccc(OC)cc3)C(=O)C(=O)N2c2nnc(C)s2)c1. The zero-order valence-electron chi connectivity index (χ0n) is 18.4. The van der Waals surface area contributed by atoms with Crippen molar-refractivity contribution < 1.29 is 24.2 Å². The van der Waals surface area contributed by atoms with E-state index < -0.39 is 17.7 Å². The predicted molar refractivity (Wildman–Crippen MR) is 125 cm³/mol. The summed E-state index contributed by atoms with van der Waals surface area (Å²) in [6, 6.07) is 12.9. The number of amides is 1. The number of benzene rings is 2. The van der Waals surface area contributed by atoms with E-state index in [2.05, 4.69) is 10.2 Å². The number of rotatable bonds is 7. The number of aryl methyl sites for hydroxylation is 1. The summed E-state index contributed by atoms with van der Waals surface area (Å²) < 4.78 is 10.9. The molecule has 2 aromatic carbocycles. The van der Waals surface area contributed by atoms with Gasteiger partial charge in [0, 0.05) is 5.56 Å². The summed E-state index contributed by atoms with van der Waals surface area (Å²) in [6.45, 7) is 4.31. The van der Waals surface area contributed by atoms with Gasteiger partial charge in [0.25, 0.3) is 5.78 Å². The van der Waals surface area contributed by atoms with Gasteiger partial charge in [-0.2, -0.15) is 0 Å². The standard InChI is InChI=1S/C24H23N3O5S/c1-4-12-32-18-7-5-6-16(13-18)20-19(21(28)15-8-10-17(31-3)11-9-15)22(29)23(30)27(20)24-26-25-14(2)33-24/h5-11,13,20,28H,4,12H2,1-3H3. The van der Waals surface area contributed by atoms with E-state index in [-0.39, 0.29) is 16.5 Å². The maximum Gasteiger partial charge on any atom is 0.301 e. The second kappa shape index (κ2) is 9.41. The highest BCUT2D eigenvalue weighted by atomic mass is 32.1. The van der Waals surface area contributed by atoms with Crippen LogP contribution in [0.3, 0.4) is 0 Å². The first-order valence-corrected chi connectivity index (χ1v) is 11.2. The largest absolute Gasteiger partial charge is 0.507 e. The minimum Gasteiger partial charge on any atom is -0.507 e. The van der Waals surface area contributed by atoms with E-state index in [1.54, 1.807) is 49.4 Å². The van der Waals surface area contributed by atoms with Crippen LogP contribution in [0.1, 0.15) is 35.5 Å². The van der Waals surface area contributed by atoms with Gasteiger partial charge in [-0.05, 0) is 55.3 Å². The molecule has 170 valence electrons. The number of aliphatic hydroxyl groups is 1. The summed E-state index contributed by atoms with van der Waals surface area (Å²) in [5.41, 5.74) is 0.988. The smallest absolute Gasteiger partial charge is 0.301 e. The fourth-order valence-electron chi connectivity index (χ4n) is 3.63. The molecule has 1 saturated heterocycles. The number of methoxy groups -OCH3 is 1. The molecule has 1 amide bonds. The van der Waals surface area contributed by atoms with Gasteiger partial charge in [0.1, 0.15) is 22.3 Å². The Morgan fingerprint density at radius 1 is 1.12 bits per heavy atom. The minimum atomic E-state index is -0.885. The second-order valence-electron chi connectivity index (χ2n) is 7.42. The Morgan fingerprint density at radius 2 is 1.88 bits per heavy atom. The van der Waals surface area contributed by atoms with Crippen molar-refractivity contribution >= 4 is 33.9 Å². The number of aliphatic hydroxyl groups excluding tert-OH is 1. The van der Waals surface area contributed by atoms with Gasteiger partial charge < -0.3 is 14.6 Å². The maximum atomic E-state index is 13.2. The molecule has 3 aromatic rings. The Balaban J connectivity index is 1.88. The van der Waals surface area contributed by atoms with Gasteiger partial charge in [0.15, 0.2) is 0 Å². The molecule has 0 aliphatic carbocycles. The Morgan fingerprint density at radius 3 is 2.52 bits per heavy atom. The number of hydrogen-bond acceptors (Lipinski definition) is 8. The zero-order chi connectivity index (χ0) is 23.5. The highest BCUT2D eigenvalue weighted by molar-refractivity contribution is 7.15. The number of aromatic nitrogens is 2. The first kappa shape index (κ1) is 22.5. The number of Topliss-reactive ketones (excluding diaryl/α,β-unsaturated/α-hetero) is 1. The van der Waals surface area contributed by atoms with Gasteiger partial charge >= 0.3 is 5.91 Å². The molecule has 1 aliphatic heterocycles. The normalized spacial score (nSPS) is 17.4. The molecule has 1 atom stereocenters. The van der Waals surface area contributed by atoms with Crippen LogP contribution < -0.4 is 14.4 Å². The lowest BCUT2D eigenvalue weighted by molar-refractivity contribution is -0.132. The number of ether oxygens (including phenoxy) is 2. The number of nitrogens with zero attached hydrogens (tertiary/aromatic N) is 3. The minimum absolute atomic E-state index is 0.0225. The fourth-order valence-corrected chi connectivity index (χ4v) is 4.34. The lowest BCUT2D eigenvalue weighted by atomic mass is 9.95. The fraction of sp³-hybridized carbons (Fsp3) is 0.250. The summed E-state index contributed by atoms with van der Waals surface area (Å²) in [5, 5.41) is 20.2. The first-order valence-electron chi connectivity index (χ1n) is 10.4. The van der Waals surface area contributed by atoms with E-state index in [1.807, 2.05) is 13.0 Å². The van der Waals surface area contributed by atoms with Crippen LogP contribution in [0.5, 0.6) is 11.5 Å². The molecule has 9 heteroatoms. The maximum absolute atomic E-state index is 13.2. The van der Waals surface area contributed by atoms with Crippen LogP contribution in [0.15, 0.2) is 54.1 Å². The van der Waals surface area contributed by atoms with E-state index in [1.165, 1.54) is 23.3 Å². The second-order valence-corrected chi connectivity index (χ2v) is 8.58. The Labute approximate surface area is 195 Å². The molecule has 1 aliphatic rings. The van der Waals surface area contributed by atoms with Crippen LogP contribution in [0, 0.1) is 6.92 Å². The van der Waals surface area contributed by atoms with Gasteiger partial charge in [-0.15, -0.1) is 10.2 Å². The molecule has 8 nitrogen and oxygen atoms in total. The third-order valence-electron chi connectivity index (χ3n) is 5.18. The summed E-state index contributed by atoms with van der Waals surface area (Å²) >= 11 is 1.20. The molecule has 2 heterocycles. The molecule has 0 spiro atoms. The lowest BCUT2D eigenvalue weighted by Gasteiger charge is -2.23. The summed E-state index contributed by atoms with van der Waals surface area (Å²) in [7, 11) is 1.54. The van der Waals surface area contributed by atoms with Crippen LogP contribution in [0.4, 0.5) is 5.13 Å². The Hall–Kier alpha value is -3.72. The van der Waals surface area contributed by atoms with Gasteiger partial charge in [-0.1, -0.05) is 30.4 Å². The first-order chi connectivity index (χ1) is 15.9. The molecule has 0 radical (unpaired) electrons. The number of carbonyl (C=O) groups excluding carboxylic acids is 2. The van der Waals surface area contributed by atoms with E-state index in [0.717, 1.165) is 6.42 Å². The van der Waals surface area contributed by atoms with Crippen LogP contribution in [-0.4, -0.2) is 40.7 Å². The third kappa shape index (κ3) is 4.31. The van der Waals surface area contributed by atoms with Crippen molar-refractivity contribution in [3.05, 3.63) is 70.2 Å². The van der Waals surface area contributed by atoms with Crippen molar-refractivity contribution in [3.8, 4) is 11.5 Å². The van der Waals surface area contributed by atoms with Crippen molar-refractivity contribution in [3.63, 3.8) is 0 Å². The van der Waals surface area contributed by atoms with Crippen molar-refractivity contribution in [2.24, 2.45) is 0 Å². The molecule has 0 bridgehead atoms. The Bertz CT molecular complexity index is 1220. The molecule has 1 N–H and O–H groups in total. The van der Waals surface area contributed by atoms with Crippen LogP contribution in [0.2, 0.25) is 0 Å². The Kier molecular flexibility index (Phi) is 6.41. The molecule has 4 rings (SSSR count). The zero-order valence-corrected chi connectivity index (χ0v) is 19.3. The monoisotopic (exact) mass is 465 g/mol. The molecule has 33 heavy (non-hydrogen) atoms. The average Bonchev–Trinajstić information content (AvgIpc) is 3.38. The van der Waals surface area contributed by atoms with Crippen molar-refractivity contribution in [2.75, 3.05) is 18.6 Å². The van der Waals surface area contributed by atoms with Crippen LogP contribution >= 0.6 is 11.3 Å². The summed E-state index contributed by atoms with van der Waals surface area (Å²) in [5.74, 6) is -0.622. The highest BCUT2D eigenvalue weighted by Gasteiger charge is 2.48. The average molecular weight is 466 g/mol. The third-order valence-corrected chi connectivity index (χ3v) is 6.01. The van der Waals surface area contributed by atoms with E-state index in [0.29, 0.717) is 34.2 Å².